The lowest BCUT2D eigenvalue weighted by Crippen LogP contribution is -2.25. The van der Waals surface area contributed by atoms with Crippen LogP contribution < -0.4 is 5.32 Å². The molecule has 24 heavy (non-hydrogen) atoms. The Labute approximate surface area is 139 Å². The van der Waals surface area contributed by atoms with Crippen molar-refractivity contribution in [3.8, 4) is 0 Å². The molecule has 0 bridgehead atoms. The molecular weight excluding hydrogens is 308 g/mol. The Morgan fingerprint density at radius 3 is 2.83 bits per heavy atom. The van der Waals surface area contributed by atoms with Crippen LogP contribution in [0.15, 0.2) is 30.6 Å². The third kappa shape index (κ3) is 3.16. The first-order valence-corrected chi connectivity index (χ1v) is 7.79. The molecule has 0 radical (unpaired) electrons. The van der Waals surface area contributed by atoms with Crippen molar-refractivity contribution in [3.05, 3.63) is 30.6 Å². The van der Waals surface area contributed by atoms with Crippen LogP contribution in [0.4, 0.5) is 10.6 Å². The topological polar surface area (TPSA) is 89.3 Å². The monoisotopic (exact) mass is 328 g/mol. The van der Waals surface area contributed by atoms with Crippen LogP contribution in [0.2, 0.25) is 0 Å². The predicted octanol–water partition coefficient (Wildman–Crippen LogP) is 2.92. The summed E-state index contributed by atoms with van der Waals surface area (Å²) in [5, 5.41) is 13.7. The van der Waals surface area contributed by atoms with E-state index in [-0.39, 0.29) is 6.61 Å². The average Bonchev–Trinajstić information content (AvgIpc) is 2.90. The van der Waals surface area contributed by atoms with E-state index in [1.54, 1.807) is 27.1 Å². The molecule has 0 aliphatic heterocycles. The Morgan fingerprint density at radius 2 is 2.12 bits per heavy atom. The average molecular weight is 328 g/mol. The number of hydrogen-bond donors (Lipinski definition) is 2. The molecule has 7 heteroatoms. The van der Waals surface area contributed by atoms with Crippen molar-refractivity contribution < 1.29 is 14.6 Å². The van der Waals surface area contributed by atoms with Gasteiger partial charge in [0.15, 0.2) is 5.82 Å². The summed E-state index contributed by atoms with van der Waals surface area (Å²) in [5.41, 5.74) is 1.21. The van der Waals surface area contributed by atoms with Gasteiger partial charge in [-0.3, -0.25) is 5.32 Å². The highest BCUT2D eigenvalue weighted by Crippen LogP contribution is 2.29. The summed E-state index contributed by atoms with van der Waals surface area (Å²) in [5.74, 6) is 0.344. The molecule has 1 amide bonds. The molecule has 2 aromatic heterocycles. The number of pyridine rings is 1. The zero-order valence-electron chi connectivity index (χ0n) is 13.9. The maximum absolute atomic E-state index is 11.8. The number of ether oxygens (including phenoxy) is 1. The smallest absolute Gasteiger partial charge is 0.412 e. The number of amides is 1. The van der Waals surface area contributed by atoms with E-state index in [4.69, 9.17) is 4.74 Å². The molecule has 0 unspecified atom stereocenters. The molecule has 0 saturated carbocycles. The van der Waals surface area contributed by atoms with Crippen molar-refractivity contribution in [3.63, 3.8) is 0 Å². The van der Waals surface area contributed by atoms with Crippen molar-refractivity contribution in [1.29, 1.82) is 0 Å². The molecule has 0 spiro atoms. The van der Waals surface area contributed by atoms with Gasteiger partial charge in [-0.1, -0.05) is 18.2 Å². The summed E-state index contributed by atoms with van der Waals surface area (Å²) in [7, 11) is 0. The van der Waals surface area contributed by atoms with E-state index < -0.39 is 11.7 Å². The third-order valence-electron chi connectivity index (χ3n) is 3.51. The Balaban J connectivity index is 2.20. The third-order valence-corrected chi connectivity index (χ3v) is 3.51. The van der Waals surface area contributed by atoms with E-state index in [0.717, 1.165) is 16.4 Å². The first kappa shape index (κ1) is 16.2. The van der Waals surface area contributed by atoms with Crippen molar-refractivity contribution in [1.82, 2.24) is 14.5 Å². The van der Waals surface area contributed by atoms with Gasteiger partial charge in [-0.05, 0) is 26.8 Å². The summed E-state index contributed by atoms with van der Waals surface area (Å²) < 4.78 is 6.80. The lowest BCUT2D eigenvalue weighted by atomic mass is 10.1. The first-order valence-electron chi connectivity index (χ1n) is 7.79. The highest BCUT2D eigenvalue weighted by molar-refractivity contribution is 6.08. The lowest BCUT2D eigenvalue weighted by molar-refractivity contribution is 0.0627. The Kier molecular flexibility index (Phi) is 4.11. The molecule has 2 heterocycles. The molecule has 0 saturated heterocycles. The fourth-order valence-electron chi connectivity index (χ4n) is 2.67. The Bertz CT molecular complexity index is 896. The van der Waals surface area contributed by atoms with Gasteiger partial charge in [0.2, 0.25) is 0 Å². The number of benzene rings is 1. The number of aliphatic hydroxyl groups is 1. The molecule has 3 aromatic rings. The van der Waals surface area contributed by atoms with Crippen molar-refractivity contribution in [2.24, 2.45) is 0 Å². The number of nitrogens with one attached hydrogen (secondary N) is 1. The van der Waals surface area contributed by atoms with Crippen LogP contribution in [0, 0.1) is 0 Å². The minimum Gasteiger partial charge on any atom is -0.450 e. The number of imidazole rings is 1. The minimum absolute atomic E-state index is 0.274. The van der Waals surface area contributed by atoms with Crippen LogP contribution in [0.3, 0.4) is 0 Å². The van der Waals surface area contributed by atoms with Crippen molar-refractivity contribution in [2.75, 3.05) is 11.9 Å². The van der Waals surface area contributed by atoms with Gasteiger partial charge < -0.3 is 14.4 Å². The summed E-state index contributed by atoms with van der Waals surface area (Å²) in [6, 6.07) is 7.61. The van der Waals surface area contributed by atoms with Crippen LogP contribution in [0.25, 0.3) is 21.9 Å². The van der Waals surface area contributed by atoms with E-state index in [9.17, 15) is 9.90 Å². The summed E-state index contributed by atoms with van der Waals surface area (Å²) in [4.78, 5) is 20.7. The molecule has 2 N–H and O–H groups in total. The quantitative estimate of drug-likeness (QED) is 0.768. The maximum atomic E-state index is 11.8. The summed E-state index contributed by atoms with van der Waals surface area (Å²) in [6.45, 7) is 5.85. The summed E-state index contributed by atoms with van der Waals surface area (Å²) in [6.07, 6.45) is 1.08. The van der Waals surface area contributed by atoms with E-state index >= 15 is 0 Å². The van der Waals surface area contributed by atoms with Gasteiger partial charge in [0.25, 0.3) is 0 Å². The van der Waals surface area contributed by atoms with Crippen molar-refractivity contribution >= 4 is 33.8 Å². The largest absolute Gasteiger partial charge is 0.450 e. The second kappa shape index (κ2) is 6.09. The predicted molar refractivity (Wildman–Crippen MR) is 92.0 cm³/mol. The zero-order chi connectivity index (χ0) is 17.3. The minimum atomic E-state index is -0.896. The molecule has 126 valence electrons. The number of carbonyl (C=O) groups excluding carboxylic acids is 1. The van der Waals surface area contributed by atoms with E-state index in [1.807, 2.05) is 28.8 Å². The normalized spacial score (nSPS) is 11.8. The Morgan fingerprint density at radius 1 is 1.38 bits per heavy atom. The Hall–Kier alpha value is -2.67. The van der Waals surface area contributed by atoms with Crippen LogP contribution >= 0.6 is 0 Å². The molecular formula is C17H20N4O3. The van der Waals surface area contributed by atoms with Crippen LogP contribution in [0.1, 0.15) is 20.8 Å². The molecule has 3 rings (SSSR count). The van der Waals surface area contributed by atoms with Gasteiger partial charge >= 0.3 is 6.09 Å². The fourth-order valence-corrected chi connectivity index (χ4v) is 2.67. The van der Waals surface area contributed by atoms with Gasteiger partial charge in [-0.15, -0.1) is 0 Å². The fraction of sp³-hybridized carbons (Fsp3) is 0.353. The van der Waals surface area contributed by atoms with E-state index in [1.165, 1.54) is 0 Å². The number of para-hydroxylation sites is 1. The number of nitrogens with zero attached hydrogens (tertiary/aromatic N) is 3. The SMILES string of the molecule is CCOC(=O)Nc1nc2ccccc2c2c1ncn2CC(C)(C)O. The van der Waals surface area contributed by atoms with Crippen LogP contribution in [0.5, 0.6) is 0 Å². The standard InChI is InChI=1S/C17H20N4O3/c1-4-24-16(22)20-15-13-14(11-7-5-6-8-12(11)19-15)21(10-18-13)9-17(2,3)23/h5-8,10,23H,4,9H2,1-3H3,(H,19,20,22). The number of hydrogen-bond acceptors (Lipinski definition) is 5. The molecule has 0 aliphatic rings. The molecule has 7 nitrogen and oxygen atoms in total. The highest BCUT2D eigenvalue weighted by Gasteiger charge is 2.20. The lowest BCUT2D eigenvalue weighted by Gasteiger charge is -2.18. The highest BCUT2D eigenvalue weighted by atomic mass is 16.5. The number of anilines is 1. The van der Waals surface area contributed by atoms with Gasteiger partial charge in [-0.2, -0.15) is 0 Å². The number of aromatic nitrogens is 3. The van der Waals surface area contributed by atoms with Crippen LogP contribution in [-0.2, 0) is 11.3 Å². The number of fused-ring (bicyclic) bond motifs is 3. The molecule has 0 fully saturated rings. The number of carbonyl (C=O) groups is 1. The maximum Gasteiger partial charge on any atom is 0.412 e. The molecule has 0 aliphatic carbocycles. The van der Waals surface area contributed by atoms with Crippen molar-refractivity contribution in [2.45, 2.75) is 32.9 Å². The van der Waals surface area contributed by atoms with Crippen LogP contribution in [-0.4, -0.2) is 37.9 Å². The second-order valence-corrected chi connectivity index (χ2v) is 6.21. The van der Waals surface area contributed by atoms with Gasteiger partial charge in [0, 0.05) is 5.39 Å². The summed E-state index contributed by atoms with van der Waals surface area (Å²) >= 11 is 0. The molecule has 1 aromatic carbocycles. The zero-order valence-corrected chi connectivity index (χ0v) is 13.9. The second-order valence-electron chi connectivity index (χ2n) is 6.21. The van der Waals surface area contributed by atoms with E-state index in [0.29, 0.717) is 17.9 Å². The number of rotatable bonds is 4. The van der Waals surface area contributed by atoms with Gasteiger partial charge in [0.05, 0.1) is 36.1 Å². The first-order chi connectivity index (χ1) is 11.4. The van der Waals surface area contributed by atoms with Gasteiger partial charge in [0.1, 0.15) is 5.52 Å². The van der Waals surface area contributed by atoms with Gasteiger partial charge in [-0.25, -0.2) is 14.8 Å². The van der Waals surface area contributed by atoms with E-state index in [2.05, 4.69) is 15.3 Å². The molecule has 0 atom stereocenters.